The second-order valence-electron chi connectivity index (χ2n) is 8.58. The Labute approximate surface area is 230 Å². The number of nitrogens with one attached hydrogen (secondary N) is 2. The smallest absolute Gasteiger partial charge is 0.255 e. The van der Waals surface area contributed by atoms with Crippen LogP contribution in [0, 0.1) is 0 Å². The van der Waals surface area contributed by atoms with Gasteiger partial charge in [0.2, 0.25) is 5.95 Å². The van der Waals surface area contributed by atoms with Crippen LogP contribution in [0.4, 0.5) is 11.6 Å². The minimum absolute atomic E-state index is 0.236. The van der Waals surface area contributed by atoms with Crippen molar-refractivity contribution in [1.29, 1.82) is 0 Å². The van der Waals surface area contributed by atoms with Gasteiger partial charge in [-0.1, -0.05) is 53.5 Å². The Morgan fingerprint density at radius 2 is 1.87 bits per heavy atom. The monoisotopic (exact) mass is 549 g/mol. The molecule has 0 radical (unpaired) electrons. The van der Waals surface area contributed by atoms with Crippen LogP contribution < -0.4 is 20.1 Å². The molecule has 38 heavy (non-hydrogen) atoms. The standard InChI is InChI=1S/C28H25Cl2N5O3/c1-3-37-24-13-18(10-12-23(24)38-15-19-9-11-20(29)14-22(19)30)26-25(17(2)33-28-31-16-32-35(26)28)27(36)34-21-7-5-4-6-8-21/h4-14,16,26H,3,15H2,1-2H3,(H,34,36)(H,31,32,33)/t26-/m1/s1. The van der Waals surface area contributed by atoms with Gasteiger partial charge < -0.3 is 20.1 Å². The third-order valence-corrected chi connectivity index (χ3v) is 6.64. The number of fused-ring (bicyclic) bond motifs is 1. The van der Waals surface area contributed by atoms with E-state index in [9.17, 15) is 4.79 Å². The lowest BCUT2D eigenvalue weighted by Crippen LogP contribution is -2.31. The fourth-order valence-corrected chi connectivity index (χ4v) is 4.75. The summed E-state index contributed by atoms with van der Waals surface area (Å²) in [6.07, 6.45) is 1.46. The van der Waals surface area contributed by atoms with E-state index in [-0.39, 0.29) is 12.5 Å². The third kappa shape index (κ3) is 5.32. The number of rotatable bonds is 8. The van der Waals surface area contributed by atoms with Crippen molar-refractivity contribution in [3.05, 3.63) is 105 Å². The molecule has 1 aliphatic rings. The van der Waals surface area contributed by atoms with Gasteiger partial charge in [0.15, 0.2) is 11.5 Å². The van der Waals surface area contributed by atoms with E-state index in [1.54, 1.807) is 16.8 Å². The Hall–Kier alpha value is -4.01. The summed E-state index contributed by atoms with van der Waals surface area (Å²) in [6.45, 7) is 4.41. The summed E-state index contributed by atoms with van der Waals surface area (Å²) in [6, 6.07) is 19.6. The Kier molecular flexibility index (Phi) is 7.53. The number of amides is 1. The summed E-state index contributed by atoms with van der Waals surface area (Å²) in [7, 11) is 0. The fourth-order valence-electron chi connectivity index (χ4n) is 4.29. The molecule has 0 unspecified atom stereocenters. The number of anilines is 2. The number of benzene rings is 3. The van der Waals surface area contributed by atoms with E-state index in [0.717, 1.165) is 11.1 Å². The molecule has 0 saturated heterocycles. The van der Waals surface area contributed by atoms with Gasteiger partial charge in [0.25, 0.3) is 5.91 Å². The average Bonchev–Trinajstić information content (AvgIpc) is 3.36. The molecule has 1 atom stereocenters. The van der Waals surface area contributed by atoms with E-state index in [1.165, 1.54) is 6.33 Å². The molecular formula is C28H25Cl2N5O3. The van der Waals surface area contributed by atoms with Crippen LogP contribution in [-0.4, -0.2) is 27.3 Å². The molecule has 3 aromatic carbocycles. The van der Waals surface area contributed by atoms with Crippen LogP contribution in [-0.2, 0) is 11.4 Å². The van der Waals surface area contributed by atoms with Gasteiger partial charge in [0, 0.05) is 27.0 Å². The molecule has 2 heterocycles. The van der Waals surface area contributed by atoms with Gasteiger partial charge in [-0.15, -0.1) is 0 Å². The maximum atomic E-state index is 13.5. The molecule has 0 saturated carbocycles. The highest BCUT2D eigenvalue weighted by atomic mass is 35.5. The fraction of sp³-hybridized carbons (Fsp3) is 0.179. The van der Waals surface area contributed by atoms with Gasteiger partial charge >= 0.3 is 0 Å². The summed E-state index contributed by atoms with van der Waals surface area (Å²) in [5, 5.41) is 11.7. The van der Waals surface area contributed by atoms with Crippen molar-refractivity contribution in [3.63, 3.8) is 0 Å². The highest BCUT2D eigenvalue weighted by Crippen LogP contribution is 2.39. The number of hydrogen-bond acceptors (Lipinski definition) is 6. The van der Waals surface area contributed by atoms with Crippen molar-refractivity contribution >= 4 is 40.7 Å². The Morgan fingerprint density at radius 3 is 2.63 bits per heavy atom. The number of para-hydroxylation sites is 1. The van der Waals surface area contributed by atoms with Gasteiger partial charge in [-0.2, -0.15) is 10.1 Å². The van der Waals surface area contributed by atoms with Gasteiger partial charge in [-0.05, 0) is 55.8 Å². The van der Waals surface area contributed by atoms with Crippen LogP contribution in [0.15, 0.2) is 84.3 Å². The van der Waals surface area contributed by atoms with Crippen LogP contribution in [0.5, 0.6) is 11.5 Å². The molecule has 5 rings (SSSR count). The minimum atomic E-state index is -0.545. The molecule has 1 aliphatic heterocycles. The number of halogens is 2. The van der Waals surface area contributed by atoms with Crippen molar-refractivity contribution in [2.24, 2.45) is 0 Å². The Bertz CT molecular complexity index is 1500. The van der Waals surface area contributed by atoms with E-state index in [2.05, 4.69) is 20.7 Å². The quantitative estimate of drug-likeness (QED) is 0.261. The molecule has 2 N–H and O–H groups in total. The van der Waals surface area contributed by atoms with Crippen molar-refractivity contribution in [1.82, 2.24) is 14.8 Å². The van der Waals surface area contributed by atoms with E-state index in [4.69, 9.17) is 32.7 Å². The zero-order valence-corrected chi connectivity index (χ0v) is 22.3. The number of carbonyl (C=O) groups excluding carboxylic acids is 1. The summed E-state index contributed by atoms with van der Waals surface area (Å²) in [5.74, 6) is 1.38. The highest BCUT2D eigenvalue weighted by molar-refractivity contribution is 6.35. The topological polar surface area (TPSA) is 90.3 Å². The summed E-state index contributed by atoms with van der Waals surface area (Å²) < 4.78 is 13.7. The summed E-state index contributed by atoms with van der Waals surface area (Å²) >= 11 is 12.3. The zero-order chi connectivity index (χ0) is 26.6. The number of hydrogen-bond donors (Lipinski definition) is 2. The molecule has 10 heteroatoms. The van der Waals surface area contributed by atoms with E-state index >= 15 is 0 Å². The second-order valence-corrected chi connectivity index (χ2v) is 9.42. The molecule has 1 aromatic heterocycles. The number of allylic oxidation sites excluding steroid dienone is 1. The lowest BCUT2D eigenvalue weighted by molar-refractivity contribution is -0.113. The molecule has 0 fully saturated rings. The lowest BCUT2D eigenvalue weighted by atomic mass is 9.94. The minimum Gasteiger partial charge on any atom is -0.490 e. The summed E-state index contributed by atoms with van der Waals surface area (Å²) in [4.78, 5) is 17.8. The first-order chi connectivity index (χ1) is 18.4. The summed E-state index contributed by atoms with van der Waals surface area (Å²) in [5.41, 5.74) is 3.47. The van der Waals surface area contributed by atoms with Gasteiger partial charge in [0.05, 0.1) is 12.2 Å². The first-order valence-corrected chi connectivity index (χ1v) is 12.8. The average molecular weight is 550 g/mol. The third-order valence-electron chi connectivity index (χ3n) is 6.05. The molecule has 1 amide bonds. The van der Waals surface area contributed by atoms with Gasteiger partial charge in [-0.3, -0.25) is 4.79 Å². The van der Waals surface area contributed by atoms with Crippen LogP contribution in [0.2, 0.25) is 10.0 Å². The van der Waals surface area contributed by atoms with E-state index in [0.29, 0.717) is 51.1 Å². The molecular weight excluding hydrogens is 525 g/mol. The number of aromatic nitrogens is 3. The highest BCUT2D eigenvalue weighted by Gasteiger charge is 2.34. The normalized spacial score (nSPS) is 14.5. The van der Waals surface area contributed by atoms with E-state index in [1.807, 2.05) is 68.4 Å². The van der Waals surface area contributed by atoms with Crippen LogP contribution >= 0.6 is 23.2 Å². The van der Waals surface area contributed by atoms with Crippen LogP contribution in [0.1, 0.15) is 31.0 Å². The molecule has 0 bridgehead atoms. The van der Waals surface area contributed by atoms with Crippen molar-refractivity contribution in [3.8, 4) is 11.5 Å². The molecule has 194 valence electrons. The largest absolute Gasteiger partial charge is 0.490 e. The van der Waals surface area contributed by atoms with Crippen molar-refractivity contribution < 1.29 is 14.3 Å². The second kappa shape index (κ2) is 11.2. The molecule has 0 spiro atoms. The maximum absolute atomic E-state index is 13.5. The van der Waals surface area contributed by atoms with Gasteiger partial charge in [-0.25, -0.2) is 4.68 Å². The SMILES string of the molecule is CCOc1cc([C@@H]2C(C(=O)Nc3ccccc3)=C(C)Nc3ncnn32)ccc1OCc1ccc(Cl)cc1Cl. The zero-order valence-electron chi connectivity index (χ0n) is 20.7. The Morgan fingerprint density at radius 1 is 1.05 bits per heavy atom. The predicted octanol–water partition coefficient (Wildman–Crippen LogP) is 6.49. The molecule has 0 aliphatic carbocycles. The molecule has 4 aromatic rings. The number of carbonyl (C=O) groups is 1. The Balaban J connectivity index is 1.49. The van der Waals surface area contributed by atoms with Crippen LogP contribution in [0.3, 0.4) is 0 Å². The number of ether oxygens (including phenoxy) is 2. The van der Waals surface area contributed by atoms with E-state index < -0.39 is 6.04 Å². The first kappa shape index (κ1) is 25.6. The predicted molar refractivity (Wildman–Crippen MR) is 148 cm³/mol. The van der Waals surface area contributed by atoms with Crippen molar-refractivity contribution in [2.75, 3.05) is 17.2 Å². The van der Waals surface area contributed by atoms with Crippen molar-refractivity contribution in [2.45, 2.75) is 26.5 Å². The van der Waals surface area contributed by atoms with Crippen LogP contribution in [0.25, 0.3) is 0 Å². The number of nitrogens with zero attached hydrogens (tertiary/aromatic N) is 3. The maximum Gasteiger partial charge on any atom is 0.255 e. The first-order valence-electron chi connectivity index (χ1n) is 12.0. The lowest BCUT2D eigenvalue weighted by Gasteiger charge is -2.29. The molecule has 8 nitrogen and oxygen atoms in total. The van der Waals surface area contributed by atoms with Gasteiger partial charge in [0.1, 0.15) is 19.0 Å².